The van der Waals surface area contributed by atoms with Crippen LogP contribution in [0.2, 0.25) is 0 Å². The summed E-state index contributed by atoms with van der Waals surface area (Å²) in [4.78, 5) is 2.50. The van der Waals surface area contributed by atoms with Gasteiger partial charge in [0, 0.05) is 18.1 Å². The standard InChI is InChI=1S/C16H26N2O/c1-12-6-5-7-14(10-12)15(13(2)17)18-8-9-19-11-16(18,3)4/h5-7,10,13,15H,8-9,11,17H2,1-4H3. The number of hydrogen-bond donors (Lipinski definition) is 1. The third-order valence-corrected chi connectivity index (χ3v) is 3.93. The van der Waals surface area contributed by atoms with Gasteiger partial charge in [-0.1, -0.05) is 29.8 Å². The van der Waals surface area contributed by atoms with Crippen LogP contribution in [0.3, 0.4) is 0 Å². The van der Waals surface area contributed by atoms with Crippen molar-refractivity contribution in [2.75, 3.05) is 19.8 Å². The molecule has 2 rings (SSSR count). The Labute approximate surface area is 116 Å². The number of hydrogen-bond acceptors (Lipinski definition) is 3. The molecular formula is C16H26N2O. The van der Waals surface area contributed by atoms with Crippen LogP contribution in [-0.4, -0.2) is 36.2 Å². The molecule has 2 atom stereocenters. The Morgan fingerprint density at radius 2 is 2.11 bits per heavy atom. The SMILES string of the molecule is Cc1cccc(C(C(C)N)N2CCOCC2(C)C)c1. The van der Waals surface area contributed by atoms with Gasteiger partial charge in [0.1, 0.15) is 0 Å². The summed E-state index contributed by atoms with van der Waals surface area (Å²) in [5.41, 5.74) is 8.91. The van der Waals surface area contributed by atoms with Crippen LogP contribution in [0.15, 0.2) is 24.3 Å². The van der Waals surface area contributed by atoms with Crippen molar-refractivity contribution in [3.8, 4) is 0 Å². The number of ether oxygens (including phenoxy) is 1. The van der Waals surface area contributed by atoms with Crippen molar-refractivity contribution in [3.63, 3.8) is 0 Å². The average molecular weight is 262 g/mol. The smallest absolute Gasteiger partial charge is 0.0645 e. The molecule has 0 radical (unpaired) electrons. The van der Waals surface area contributed by atoms with Gasteiger partial charge in [-0.15, -0.1) is 0 Å². The fourth-order valence-corrected chi connectivity index (χ4v) is 3.01. The van der Waals surface area contributed by atoms with Crippen molar-refractivity contribution in [1.82, 2.24) is 4.90 Å². The van der Waals surface area contributed by atoms with Gasteiger partial charge in [0.15, 0.2) is 0 Å². The lowest BCUT2D eigenvalue weighted by atomic mass is 9.91. The van der Waals surface area contributed by atoms with Gasteiger partial charge in [-0.3, -0.25) is 4.90 Å². The van der Waals surface area contributed by atoms with Crippen molar-refractivity contribution in [3.05, 3.63) is 35.4 Å². The molecule has 1 saturated heterocycles. The van der Waals surface area contributed by atoms with E-state index < -0.39 is 0 Å². The zero-order valence-corrected chi connectivity index (χ0v) is 12.5. The molecule has 3 heteroatoms. The molecule has 1 aromatic carbocycles. The molecule has 1 aliphatic rings. The highest BCUT2D eigenvalue weighted by atomic mass is 16.5. The summed E-state index contributed by atoms with van der Waals surface area (Å²) in [5, 5.41) is 0. The first kappa shape index (κ1) is 14.5. The van der Waals surface area contributed by atoms with Crippen LogP contribution in [-0.2, 0) is 4.74 Å². The highest BCUT2D eigenvalue weighted by Crippen LogP contribution is 2.32. The highest BCUT2D eigenvalue weighted by molar-refractivity contribution is 5.26. The zero-order chi connectivity index (χ0) is 14.0. The molecule has 19 heavy (non-hydrogen) atoms. The lowest BCUT2D eigenvalue weighted by Crippen LogP contribution is -2.57. The molecule has 1 heterocycles. The van der Waals surface area contributed by atoms with E-state index in [1.54, 1.807) is 0 Å². The first-order valence-electron chi connectivity index (χ1n) is 7.08. The van der Waals surface area contributed by atoms with Gasteiger partial charge in [-0.05, 0) is 33.3 Å². The second-order valence-electron chi connectivity index (χ2n) is 6.28. The van der Waals surface area contributed by atoms with E-state index in [-0.39, 0.29) is 17.6 Å². The Bertz CT molecular complexity index is 429. The molecule has 1 aliphatic heterocycles. The minimum Gasteiger partial charge on any atom is -0.378 e. The number of benzene rings is 1. The molecule has 0 spiro atoms. The van der Waals surface area contributed by atoms with Crippen LogP contribution in [0.5, 0.6) is 0 Å². The first-order chi connectivity index (χ1) is 8.92. The Hall–Kier alpha value is -0.900. The van der Waals surface area contributed by atoms with Gasteiger partial charge in [0.2, 0.25) is 0 Å². The number of rotatable bonds is 3. The second kappa shape index (κ2) is 5.61. The van der Waals surface area contributed by atoms with E-state index in [2.05, 4.69) is 56.9 Å². The lowest BCUT2D eigenvalue weighted by molar-refractivity contribution is -0.0766. The van der Waals surface area contributed by atoms with Crippen LogP contribution in [0, 0.1) is 6.92 Å². The fourth-order valence-electron chi connectivity index (χ4n) is 3.01. The van der Waals surface area contributed by atoms with E-state index in [1.807, 2.05) is 0 Å². The number of nitrogens with two attached hydrogens (primary N) is 1. The largest absolute Gasteiger partial charge is 0.378 e. The van der Waals surface area contributed by atoms with Gasteiger partial charge >= 0.3 is 0 Å². The van der Waals surface area contributed by atoms with E-state index >= 15 is 0 Å². The number of aryl methyl sites for hydroxylation is 1. The molecule has 3 nitrogen and oxygen atoms in total. The quantitative estimate of drug-likeness (QED) is 0.909. The predicted octanol–water partition coefficient (Wildman–Crippen LogP) is 2.49. The molecule has 2 unspecified atom stereocenters. The Kier molecular flexibility index (Phi) is 4.29. The molecule has 0 aliphatic carbocycles. The Balaban J connectivity index is 2.34. The van der Waals surface area contributed by atoms with E-state index in [9.17, 15) is 0 Å². The maximum atomic E-state index is 6.29. The molecule has 0 saturated carbocycles. The first-order valence-corrected chi connectivity index (χ1v) is 7.08. The van der Waals surface area contributed by atoms with Gasteiger partial charge in [0.25, 0.3) is 0 Å². The fraction of sp³-hybridized carbons (Fsp3) is 0.625. The van der Waals surface area contributed by atoms with Crippen LogP contribution < -0.4 is 5.73 Å². The Morgan fingerprint density at radius 3 is 2.68 bits per heavy atom. The van der Waals surface area contributed by atoms with E-state index in [4.69, 9.17) is 10.5 Å². The van der Waals surface area contributed by atoms with Gasteiger partial charge < -0.3 is 10.5 Å². The lowest BCUT2D eigenvalue weighted by Gasteiger charge is -2.48. The summed E-state index contributed by atoms with van der Waals surface area (Å²) in [7, 11) is 0. The van der Waals surface area contributed by atoms with Gasteiger partial charge in [-0.25, -0.2) is 0 Å². The summed E-state index contributed by atoms with van der Waals surface area (Å²) in [6.45, 7) is 11.2. The van der Waals surface area contributed by atoms with Crippen molar-refractivity contribution in [1.29, 1.82) is 0 Å². The second-order valence-corrected chi connectivity index (χ2v) is 6.28. The van der Waals surface area contributed by atoms with Gasteiger partial charge in [0.05, 0.1) is 19.3 Å². The number of morpholine rings is 1. The summed E-state index contributed by atoms with van der Waals surface area (Å²) in [6.07, 6.45) is 0. The predicted molar refractivity (Wildman–Crippen MR) is 79.2 cm³/mol. The monoisotopic (exact) mass is 262 g/mol. The maximum absolute atomic E-state index is 6.29. The molecule has 106 valence electrons. The summed E-state index contributed by atoms with van der Waals surface area (Å²) < 4.78 is 5.62. The average Bonchev–Trinajstić information content (AvgIpc) is 2.31. The minimum absolute atomic E-state index is 0.0281. The summed E-state index contributed by atoms with van der Waals surface area (Å²) >= 11 is 0. The molecule has 1 aromatic rings. The normalized spacial score (nSPS) is 23.0. The molecule has 0 amide bonds. The molecular weight excluding hydrogens is 236 g/mol. The van der Waals surface area contributed by atoms with Crippen LogP contribution in [0.1, 0.15) is 37.9 Å². The van der Waals surface area contributed by atoms with E-state index in [1.165, 1.54) is 11.1 Å². The van der Waals surface area contributed by atoms with Crippen molar-refractivity contribution < 1.29 is 4.74 Å². The van der Waals surface area contributed by atoms with E-state index in [0.29, 0.717) is 0 Å². The molecule has 1 fully saturated rings. The molecule has 0 aromatic heterocycles. The summed E-state index contributed by atoms with van der Waals surface area (Å²) in [5.74, 6) is 0. The zero-order valence-electron chi connectivity index (χ0n) is 12.5. The van der Waals surface area contributed by atoms with E-state index in [0.717, 1.165) is 19.8 Å². The Morgan fingerprint density at radius 1 is 1.37 bits per heavy atom. The third-order valence-electron chi connectivity index (χ3n) is 3.93. The topological polar surface area (TPSA) is 38.5 Å². The summed E-state index contributed by atoms with van der Waals surface area (Å²) in [6, 6.07) is 9.03. The minimum atomic E-state index is 0.0281. The molecule has 2 N–H and O–H groups in total. The number of nitrogens with zero attached hydrogens (tertiary/aromatic N) is 1. The van der Waals surface area contributed by atoms with Crippen LogP contribution >= 0.6 is 0 Å². The van der Waals surface area contributed by atoms with Crippen molar-refractivity contribution in [2.45, 2.75) is 45.3 Å². The molecule has 0 bridgehead atoms. The van der Waals surface area contributed by atoms with Crippen LogP contribution in [0.4, 0.5) is 0 Å². The van der Waals surface area contributed by atoms with Crippen LogP contribution in [0.25, 0.3) is 0 Å². The maximum Gasteiger partial charge on any atom is 0.0645 e. The van der Waals surface area contributed by atoms with Gasteiger partial charge in [-0.2, -0.15) is 0 Å². The highest BCUT2D eigenvalue weighted by Gasteiger charge is 2.37. The third kappa shape index (κ3) is 3.16. The van der Waals surface area contributed by atoms with Crippen molar-refractivity contribution in [2.24, 2.45) is 5.73 Å². The van der Waals surface area contributed by atoms with Crippen molar-refractivity contribution >= 4 is 0 Å².